The minimum atomic E-state index is 0.0438. The van der Waals surface area contributed by atoms with Gasteiger partial charge in [0.15, 0.2) is 0 Å². The first-order chi connectivity index (χ1) is 11.5. The normalized spacial score (nSPS) is 16.2. The average molecular weight is 355 g/mol. The molecule has 0 heterocycles. The largest absolute Gasteiger partial charge is 0.490 e. The van der Waals surface area contributed by atoms with Gasteiger partial charge in [-0.15, -0.1) is 0 Å². The molecule has 5 heteroatoms. The number of methoxy groups -OCH3 is 1. The Hall–Kier alpha value is -0.970. The topological polar surface area (TPSA) is 42.5 Å². The van der Waals surface area contributed by atoms with Gasteiger partial charge in [0, 0.05) is 30.9 Å². The van der Waals surface area contributed by atoms with Gasteiger partial charge in [-0.3, -0.25) is 0 Å². The third kappa shape index (κ3) is 6.50. The average Bonchev–Trinajstić information content (AvgIpc) is 2.55. The molecule has 2 rings (SSSR count). The summed E-state index contributed by atoms with van der Waals surface area (Å²) in [5.74, 6) is 0.693. The highest BCUT2D eigenvalue weighted by Gasteiger charge is 2.23. The fraction of sp³-hybridized carbons (Fsp3) is 0.684. The van der Waals surface area contributed by atoms with Gasteiger partial charge >= 0.3 is 0 Å². The molecule has 1 aromatic carbocycles. The van der Waals surface area contributed by atoms with E-state index in [0.29, 0.717) is 30.0 Å². The molecule has 1 fully saturated rings. The van der Waals surface area contributed by atoms with Crippen LogP contribution in [0.2, 0.25) is 5.02 Å². The molecular weight excluding hydrogens is 324 g/mol. The summed E-state index contributed by atoms with van der Waals surface area (Å²) < 4.78 is 10.6. The predicted molar refractivity (Wildman–Crippen MR) is 101 cm³/mol. The Labute approximate surface area is 151 Å². The summed E-state index contributed by atoms with van der Waals surface area (Å²) in [5, 5.41) is 7.89. The van der Waals surface area contributed by atoms with Crippen molar-refractivity contribution in [1.29, 1.82) is 0 Å². The first-order valence-electron chi connectivity index (χ1n) is 8.93. The number of ether oxygens (including phenoxy) is 2. The van der Waals surface area contributed by atoms with Gasteiger partial charge in [0.2, 0.25) is 0 Å². The van der Waals surface area contributed by atoms with Gasteiger partial charge < -0.3 is 20.1 Å². The molecule has 0 atom stereocenters. The van der Waals surface area contributed by atoms with Gasteiger partial charge in [0.05, 0.1) is 11.6 Å². The summed E-state index contributed by atoms with van der Waals surface area (Å²) in [6.07, 6.45) is 6.67. The summed E-state index contributed by atoms with van der Waals surface area (Å²) in [6.45, 7) is 6.40. The lowest BCUT2D eigenvalue weighted by Gasteiger charge is -2.34. The molecule has 1 aliphatic rings. The molecular formula is C19H31ClN2O2. The van der Waals surface area contributed by atoms with Crippen LogP contribution >= 0.6 is 11.6 Å². The van der Waals surface area contributed by atoms with E-state index >= 15 is 0 Å². The van der Waals surface area contributed by atoms with Crippen LogP contribution in [-0.2, 0) is 4.74 Å². The maximum Gasteiger partial charge on any atom is 0.138 e. The summed E-state index contributed by atoms with van der Waals surface area (Å²) >= 11 is 6.29. The van der Waals surface area contributed by atoms with Gasteiger partial charge in [-0.05, 0) is 44.9 Å². The van der Waals surface area contributed by atoms with E-state index in [4.69, 9.17) is 21.1 Å². The highest BCUT2D eigenvalue weighted by molar-refractivity contribution is 6.32. The van der Waals surface area contributed by atoms with Crippen molar-refractivity contribution in [2.45, 2.75) is 57.5 Å². The van der Waals surface area contributed by atoms with Crippen LogP contribution in [0.25, 0.3) is 0 Å². The van der Waals surface area contributed by atoms with Crippen LogP contribution in [0.3, 0.4) is 0 Å². The van der Waals surface area contributed by atoms with Crippen molar-refractivity contribution in [2.75, 3.05) is 32.2 Å². The number of anilines is 1. The Bertz CT molecular complexity index is 502. The fourth-order valence-corrected chi connectivity index (χ4v) is 3.37. The summed E-state index contributed by atoms with van der Waals surface area (Å²) in [5.41, 5.74) is 1.06. The molecule has 0 spiro atoms. The number of benzene rings is 1. The van der Waals surface area contributed by atoms with Gasteiger partial charge in [0.25, 0.3) is 0 Å². The number of hydrogen-bond donors (Lipinski definition) is 2. The monoisotopic (exact) mass is 354 g/mol. The number of halogens is 1. The van der Waals surface area contributed by atoms with E-state index in [1.165, 1.54) is 32.1 Å². The minimum Gasteiger partial charge on any atom is -0.490 e. The van der Waals surface area contributed by atoms with E-state index in [1.54, 1.807) is 7.11 Å². The smallest absolute Gasteiger partial charge is 0.138 e. The highest BCUT2D eigenvalue weighted by Crippen LogP contribution is 2.28. The quantitative estimate of drug-likeness (QED) is 0.642. The maximum atomic E-state index is 6.29. The summed E-state index contributed by atoms with van der Waals surface area (Å²) in [6, 6.07) is 6.48. The van der Waals surface area contributed by atoms with E-state index in [9.17, 15) is 0 Å². The zero-order chi connectivity index (χ0) is 17.4. The molecule has 2 N–H and O–H groups in total. The molecule has 1 aliphatic carbocycles. The molecule has 0 saturated heterocycles. The summed E-state index contributed by atoms with van der Waals surface area (Å²) in [4.78, 5) is 0. The first-order valence-corrected chi connectivity index (χ1v) is 9.31. The molecule has 0 unspecified atom stereocenters. The Morgan fingerprint density at radius 3 is 2.58 bits per heavy atom. The van der Waals surface area contributed by atoms with Crippen LogP contribution in [0.5, 0.6) is 5.75 Å². The molecule has 0 aliphatic heterocycles. The molecule has 136 valence electrons. The second kappa shape index (κ2) is 9.50. The molecule has 1 aromatic rings. The summed E-state index contributed by atoms with van der Waals surface area (Å²) in [7, 11) is 1.65. The highest BCUT2D eigenvalue weighted by atomic mass is 35.5. The van der Waals surface area contributed by atoms with Crippen molar-refractivity contribution in [3.8, 4) is 5.75 Å². The maximum absolute atomic E-state index is 6.29. The molecule has 1 saturated carbocycles. The van der Waals surface area contributed by atoms with Crippen LogP contribution in [-0.4, -0.2) is 38.4 Å². The van der Waals surface area contributed by atoms with E-state index < -0.39 is 0 Å². The van der Waals surface area contributed by atoms with E-state index in [1.807, 2.05) is 18.2 Å². The van der Waals surface area contributed by atoms with Crippen molar-refractivity contribution in [2.24, 2.45) is 0 Å². The van der Waals surface area contributed by atoms with Crippen molar-refractivity contribution in [3.05, 3.63) is 23.2 Å². The number of hydrogen-bond acceptors (Lipinski definition) is 4. The molecule has 0 radical (unpaired) electrons. The van der Waals surface area contributed by atoms with Crippen molar-refractivity contribution < 1.29 is 9.47 Å². The number of rotatable bonds is 9. The molecule has 4 nitrogen and oxygen atoms in total. The second-order valence-electron chi connectivity index (χ2n) is 7.20. The third-order valence-electron chi connectivity index (χ3n) is 4.41. The molecule has 0 bridgehead atoms. The third-order valence-corrected chi connectivity index (χ3v) is 4.71. The Kier molecular flexibility index (Phi) is 7.66. The predicted octanol–water partition coefficient (Wildman–Crippen LogP) is 4.48. The van der Waals surface area contributed by atoms with Crippen molar-refractivity contribution in [3.63, 3.8) is 0 Å². The van der Waals surface area contributed by atoms with Crippen LogP contribution < -0.4 is 15.4 Å². The van der Waals surface area contributed by atoms with Crippen molar-refractivity contribution in [1.82, 2.24) is 5.32 Å². The van der Waals surface area contributed by atoms with Gasteiger partial charge in [-0.25, -0.2) is 0 Å². The lowest BCUT2D eigenvalue weighted by Crippen LogP contribution is -2.50. The number of nitrogens with one attached hydrogen (secondary N) is 2. The van der Waals surface area contributed by atoms with Crippen LogP contribution in [0.4, 0.5) is 5.69 Å². The van der Waals surface area contributed by atoms with Gasteiger partial charge in [0.1, 0.15) is 12.4 Å². The van der Waals surface area contributed by atoms with Gasteiger partial charge in [-0.2, -0.15) is 0 Å². The first kappa shape index (κ1) is 19.4. The van der Waals surface area contributed by atoms with Crippen LogP contribution in [0.1, 0.15) is 46.0 Å². The minimum absolute atomic E-state index is 0.0438. The van der Waals surface area contributed by atoms with Crippen molar-refractivity contribution >= 4 is 17.3 Å². The standard InChI is InChI=1S/C19H31ClN2O2/c1-19(2,22-15-7-5-4-6-8-15)14-21-16-9-10-18(17(20)13-16)24-12-11-23-3/h9-10,13,15,21-22H,4-8,11-12,14H2,1-3H3. The van der Waals surface area contributed by atoms with E-state index in [2.05, 4.69) is 24.5 Å². The Morgan fingerprint density at radius 1 is 1.17 bits per heavy atom. The lowest BCUT2D eigenvalue weighted by atomic mass is 9.92. The second-order valence-corrected chi connectivity index (χ2v) is 7.61. The lowest BCUT2D eigenvalue weighted by molar-refractivity contribution is 0.146. The fourth-order valence-electron chi connectivity index (χ4n) is 3.14. The Balaban J connectivity index is 1.82. The zero-order valence-corrected chi connectivity index (χ0v) is 15.9. The molecule has 0 aromatic heterocycles. The van der Waals surface area contributed by atoms with Crippen LogP contribution in [0, 0.1) is 0 Å². The SMILES string of the molecule is COCCOc1ccc(NCC(C)(C)NC2CCCCC2)cc1Cl. The van der Waals surface area contributed by atoms with Crippen LogP contribution in [0.15, 0.2) is 18.2 Å². The molecule has 24 heavy (non-hydrogen) atoms. The van der Waals surface area contributed by atoms with Gasteiger partial charge in [-0.1, -0.05) is 30.9 Å². The van der Waals surface area contributed by atoms with E-state index in [0.717, 1.165) is 12.2 Å². The molecule has 0 amide bonds. The zero-order valence-electron chi connectivity index (χ0n) is 15.2. The van der Waals surface area contributed by atoms with E-state index in [-0.39, 0.29) is 5.54 Å². The Morgan fingerprint density at radius 2 is 1.92 bits per heavy atom.